The van der Waals surface area contributed by atoms with Crippen molar-refractivity contribution in [2.75, 3.05) is 0 Å². The van der Waals surface area contributed by atoms with Gasteiger partial charge in [0.05, 0.1) is 9.21 Å². The van der Waals surface area contributed by atoms with Gasteiger partial charge in [-0.25, -0.2) is 4.98 Å². The number of aromatic nitrogens is 2. The number of halogens is 1. The van der Waals surface area contributed by atoms with Gasteiger partial charge in [-0.1, -0.05) is 11.6 Å². The molecule has 0 bridgehead atoms. The first kappa shape index (κ1) is 9.13. The molecule has 2 rings (SSSR count). The quantitative estimate of drug-likeness (QED) is 0.744. The standard InChI is InChI=1S/C9H4ClN3S/c10-8-2-1-7(14-8)9-6(5-11)12-3-4-13-9/h1-4H. The molecule has 0 atom stereocenters. The summed E-state index contributed by atoms with van der Waals surface area (Å²) in [7, 11) is 0. The van der Waals surface area contributed by atoms with Gasteiger partial charge in [-0.3, -0.25) is 4.98 Å². The van der Waals surface area contributed by atoms with Crippen molar-refractivity contribution in [1.29, 1.82) is 5.26 Å². The molecule has 0 spiro atoms. The molecule has 0 saturated carbocycles. The van der Waals surface area contributed by atoms with E-state index in [0.717, 1.165) is 4.88 Å². The molecule has 0 saturated heterocycles. The molecule has 0 fully saturated rings. The maximum atomic E-state index is 8.81. The Morgan fingerprint density at radius 1 is 1.29 bits per heavy atom. The van der Waals surface area contributed by atoms with Crippen LogP contribution < -0.4 is 0 Å². The van der Waals surface area contributed by atoms with Crippen molar-refractivity contribution in [1.82, 2.24) is 9.97 Å². The fourth-order valence-electron chi connectivity index (χ4n) is 1.04. The van der Waals surface area contributed by atoms with Crippen LogP contribution in [0.3, 0.4) is 0 Å². The van der Waals surface area contributed by atoms with Gasteiger partial charge in [0.15, 0.2) is 5.69 Å². The average Bonchev–Trinajstić information content (AvgIpc) is 2.65. The predicted molar refractivity (Wildman–Crippen MR) is 55.1 cm³/mol. The van der Waals surface area contributed by atoms with Gasteiger partial charge in [0.1, 0.15) is 11.8 Å². The minimum atomic E-state index is 0.325. The van der Waals surface area contributed by atoms with E-state index in [-0.39, 0.29) is 0 Å². The highest BCUT2D eigenvalue weighted by Gasteiger charge is 2.08. The minimum Gasteiger partial charge on any atom is -0.251 e. The predicted octanol–water partition coefficient (Wildman–Crippen LogP) is 2.73. The molecule has 14 heavy (non-hydrogen) atoms. The highest BCUT2D eigenvalue weighted by atomic mass is 35.5. The first-order valence-electron chi connectivity index (χ1n) is 3.78. The SMILES string of the molecule is N#Cc1nccnc1-c1ccc(Cl)s1. The number of nitrogens with zero attached hydrogens (tertiary/aromatic N) is 3. The molecule has 0 radical (unpaired) electrons. The van der Waals surface area contributed by atoms with Crippen molar-refractivity contribution >= 4 is 22.9 Å². The third kappa shape index (κ3) is 1.60. The van der Waals surface area contributed by atoms with Crippen LogP contribution in [0, 0.1) is 11.3 Å². The number of hydrogen-bond acceptors (Lipinski definition) is 4. The van der Waals surface area contributed by atoms with E-state index >= 15 is 0 Å². The molecule has 0 amide bonds. The van der Waals surface area contributed by atoms with E-state index in [9.17, 15) is 0 Å². The van der Waals surface area contributed by atoms with E-state index in [1.165, 1.54) is 17.5 Å². The van der Waals surface area contributed by atoms with Crippen LogP contribution in [0.5, 0.6) is 0 Å². The molecule has 0 aliphatic heterocycles. The van der Waals surface area contributed by atoms with Crippen LogP contribution in [0.25, 0.3) is 10.6 Å². The summed E-state index contributed by atoms with van der Waals surface area (Å²) < 4.78 is 0.676. The largest absolute Gasteiger partial charge is 0.251 e. The van der Waals surface area contributed by atoms with Gasteiger partial charge in [-0.15, -0.1) is 11.3 Å². The third-order valence-electron chi connectivity index (χ3n) is 1.61. The zero-order chi connectivity index (χ0) is 9.97. The van der Waals surface area contributed by atoms with Gasteiger partial charge in [0, 0.05) is 12.4 Å². The van der Waals surface area contributed by atoms with Crippen LogP contribution in [0.2, 0.25) is 4.34 Å². The Labute approximate surface area is 89.6 Å². The smallest absolute Gasteiger partial charge is 0.167 e. The Balaban J connectivity index is 2.57. The Kier molecular flexibility index (Phi) is 2.44. The van der Waals surface area contributed by atoms with Gasteiger partial charge in [-0.2, -0.15) is 5.26 Å². The summed E-state index contributed by atoms with van der Waals surface area (Å²) in [6, 6.07) is 5.60. The molecule has 2 heterocycles. The molecule has 0 aliphatic carbocycles. The maximum Gasteiger partial charge on any atom is 0.167 e. The summed E-state index contributed by atoms with van der Waals surface area (Å²) >= 11 is 7.18. The molecule has 2 aromatic heterocycles. The van der Waals surface area contributed by atoms with Crippen molar-refractivity contribution in [2.24, 2.45) is 0 Å². The van der Waals surface area contributed by atoms with Crippen molar-refractivity contribution in [3.63, 3.8) is 0 Å². The summed E-state index contributed by atoms with van der Waals surface area (Å²) in [4.78, 5) is 8.88. The maximum absolute atomic E-state index is 8.81. The Morgan fingerprint density at radius 2 is 2.07 bits per heavy atom. The fraction of sp³-hybridized carbons (Fsp3) is 0. The first-order valence-corrected chi connectivity index (χ1v) is 4.97. The monoisotopic (exact) mass is 221 g/mol. The first-order chi connectivity index (χ1) is 6.81. The lowest BCUT2D eigenvalue weighted by Crippen LogP contribution is -1.89. The Bertz CT molecular complexity index is 501. The number of nitriles is 1. The zero-order valence-electron chi connectivity index (χ0n) is 6.94. The highest BCUT2D eigenvalue weighted by molar-refractivity contribution is 7.19. The second kappa shape index (κ2) is 3.74. The lowest BCUT2D eigenvalue weighted by Gasteiger charge is -1.96. The van der Waals surface area contributed by atoms with Crippen LogP contribution in [0.15, 0.2) is 24.5 Å². The molecule has 3 nitrogen and oxygen atoms in total. The number of hydrogen-bond donors (Lipinski definition) is 0. The number of thiophene rings is 1. The topological polar surface area (TPSA) is 49.6 Å². The van der Waals surface area contributed by atoms with E-state index in [4.69, 9.17) is 16.9 Å². The average molecular weight is 222 g/mol. The van der Waals surface area contributed by atoms with Crippen molar-refractivity contribution in [3.05, 3.63) is 34.6 Å². The summed E-state index contributed by atoms with van der Waals surface area (Å²) in [5.41, 5.74) is 0.915. The lowest BCUT2D eigenvalue weighted by atomic mass is 10.3. The summed E-state index contributed by atoms with van der Waals surface area (Å²) in [6.07, 6.45) is 3.06. The van der Waals surface area contributed by atoms with Crippen molar-refractivity contribution in [3.8, 4) is 16.6 Å². The van der Waals surface area contributed by atoms with Crippen LogP contribution in [-0.4, -0.2) is 9.97 Å². The van der Waals surface area contributed by atoms with Gasteiger partial charge in [-0.05, 0) is 12.1 Å². The van der Waals surface area contributed by atoms with Crippen LogP contribution in [0.4, 0.5) is 0 Å². The minimum absolute atomic E-state index is 0.325. The van der Waals surface area contributed by atoms with E-state index in [2.05, 4.69) is 9.97 Å². The lowest BCUT2D eigenvalue weighted by molar-refractivity contribution is 1.17. The summed E-state index contributed by atoms with van der Waals surface area (Å²) in [5, 5.41) is 8.81. The molecular formula is C9H4ClN3S. The molecular weight excluding hydrogens is 218 g/mol. The zero-order valence-corrected chi connectivity index (χ0v) is 8.51. The Hall–Kier alpha value is -1.44. The summed E-state index contributed by atoms with van der Waals surface area (Å²) in [6.45, 7) is 0. The van der Waals surface area contributed by atoms with Crippen LogP contribution in [0.1, 0.15) is 5.69 Å². The van der Waals surface area contributed by atoms with E-state index in [1.54, 1.807) is 12.3 Å². The highest BCUT2D eigenvalue weighted by Crippen LogP contribution is 2.30. The van der Waals surface area contributed by atoms with E-state index in [0.29, 0.717) is 15.7 Å². The molecule has 0 aromatic carbocycles. The van der Waals surface area contributed by atoms with Gasteiger partial charge < -0.3 is 0 Å². The fourth-order valence-corrected chi connectivity index (χ4v) is 2.08. The molecule has 0 aliphatic rings. The van der Waals surface area contributed by atoms with Gasteiger partial charge in [0.2, 0.25) is 0 Å². The Morgan fingerprint density at radius 3 is 2.71 bits per heavy atom. The van der Waals surface area contributed by atoms with Crippen molar-refractivity contribution in [2.45, 2.75) is 0 Å². The normalized spacial score (nSPS) is 9.71. The third-order valence-corrected chi connectivity index (χ3v) is 2.85. The number of rotatable bonds is 1. The van der Waals surface area contributed by atoms with E-state index < -0.39 is 0 Å². The second-order valence-electron chi connectivity index (χ2n) is 2.47. The molecule has 0 N–H and O–H groups in total. The van der Waals surface area contributed by atoms with Gasteiger partial charge in [0.25, 0.3) is 0 Å². The van der Waals surface area contributed by atoms with Crippen LogP contribution >= 0.6 is 22.9 Å². The van der Waals surface area contributed by atoms with E-state index in [1.807, 2.05) is 12.1 Å². The second-order valence-corrected chi connectivity index (χ2v) is 4.18. The van der Waals surface area contributed by atoms with Crippen molar-refractivity contribution < 1.29 is 0 Å². The molecule has 2 aromatic rings. The molecule has 0 unspecified atom stereocenters. The van der Waals surface area contributed by atoms with Gasteiger partial charge >= 0.3 is 0 Å². The molecule has 68 valence electrons. The molecule has 5 heteroatoms. The summed E-state index contributed by atoms with van der Waals surface area (Å²) in [5.74, 6) is 0. The van der Waals surface area contributed by atoms with Crippen LogP contribution in [-0.2, 0) is 0 Å².